The van der Waals surface area contributed by atoms with Gasteiger partial charge in [-0.05, 0) is 43.2 Å². The van der Waals surface area contributed by atoms with Crippen LogP contribution in [0.5, 0.6) is 5.75 Å². The quantitative estimate of drug-likeness (QED) is 0.890. The van der Waals surface area contributed by atoms with Gasteiger partial charge in [0, 0.05) is 16.8 Å². The Kier molecular flexibility index (Phi) is 5.10. The van der Waals surface area contributed by atoms with E-state index in [1.165, 1.54) is 0 Å². The van der Waals surface area contributed by atoms with Crippen LogP contribution < -0.4 is 10.1 Å². The molecular weight excluding hydrogens is 309 g/mol. The minimum Gasteiger partial charge on any atom is -0.482 e. The minimum atomic E-state index is -0.250. The van der Waals surface area contributed by atoms with Gasteiger partial charge in [-0.1, -0.05) is 35.3 Å². The Hall–Kier alpha value is -1.71. The predicted molar refractivity (Wildman–Crippen MR) is 86.5 cm³/mol. The van der Waals surface area contributed by atoms with Gasteiger partial charge in [0.2, 0.25) is 0 Å². The summed E-state index contributed by atoms with van der Waals surface area (Å²) >= 11 is 11.8. The largest absolute Gasteiger partial charge is 0.482 e. The zero-order chi connectivity index (χ0) is 15.4. The number of carbonyl (C=O) groups excluding carboxylic acids is 1. The van der Waals surface area contributed by atoms with E-state index in [0.29, 0.717) is 15.8 Å². The summed E-state index contributed by atoms with van der Waals surface area (Å²) in [5.74, 6) is 0.139. The number of carbonyl (C=O) groups is 1. The topological polar surface area (TPSA) is 38.3 Å². The number of hydrogen-bond acceptors (Lipinski definition) is 2. The molecular formula is C16H15Cl2NO2. The zero-order valence-electron chi connectivity index (χ0n) is 11.7. The molecule has 2 aromatic rings. The van der Waals surface area contributed by atoms with Gasteiger partial charge in [-0.25, -0.2) is 0 Å². The van der Waals surface area contributed by atoms with Crippen molar-refractivity contribution in [2.45, 2.75) is 13.8 Å². The fraction of sp³-hybridized carbons (Fsp3) is 0.188. The van der Waals surface area contributed by atoms with Crippen molar-refractivity contribution in [1.82, 2.24) is 0 Å². The number of aryl methyl sites for hydroxylation is 2. The van der Waals surface area contributed by atoms with Crippen molar-refractivity contribution >= 4 is 34.8 Å². The SMILES string of the molecule is Cc1ccc(C)c(NC(=O)COc2cc(Cl)ccc2Cl)c1. The first-order valence-corrected chi connectivity index (χ1v) is 7.16. The highest BCUT2D eigenvalue weighted by atomic mass is 35.5. The van der Waals surface area contributed by atoms with Crippen molar-refractivity contribution < 1.29 is 9.53 Å². The van der Waals surface area contributed by atoms with E-state index in [2.05, 4.69) is 5.32 Å². The first-order valence-electron chi connectivity index (χ1n) is 6.40. The molecule has 2 rings (SSSR count). The second-order valence-electron chi connectivity index (χ2n) is 4.73. The molecule has 1 N–H and O–H groups in total. The molecule has 0 atom stereocenters. The van der Waals surface area contributed by atoms with Crippen LogP contribution in [0.15, 0.2) is 36.4 Å². The van der Waals surface area contributed by atoms with Crippen molar-refractivity contribution in [3.05, 3.63) is 57.6 Å². The molecule has 0 bridgehead atoms. The Morgan fingerprint density at radius 1 is 1.14 bits per heavy atom. The van der Waals surface area contributed by atoms with E-state index >= 15 is 0 Å². The number of nitrogens with one attached hydrogen (secondary N) is 1. The number of anilines is 1. The maximum Gasteiger partial charge on any atom is 0.262 e. The van der Waals surface area contributed by atoms with Crippen molar-refractivity contribution in [3.63, 3.8) is 0 Å². The third-order valence-corrected chi connectivity index (χ3v) is 3.47. The molecule has 0 aliphatic heterocycles. The van der Waals surface area contributed by atoms with Crippen LogP contribution in [0.25, 0.3) is 0 Å². The molecule has 0 aliphatic carbocycles. The molecule has 0 saturated carbocycles. The molecule has 0 aliphatic rings. The molecule has 0 heterocycles. The zero-order valence-corrected chi connectivity index (χ0v) is 13.3. The Balaban J connectivity index is 1.99. The van der Waals surface area contributed by atoms with E-state index in [1.807, 2.05) is 32.0 Å². The van der Waals surface area contributed by atoms with E-state index in [-0.39, 0.29) is 12.5 Å². The number of hydrogen-bond donors (Lipinski definition) is 1. The Bertz CT molecular complexity index is 671. The van der Waals surface area contributed by atoms with E-state index < -0.39 is 0 Å². The van der Waals surface area contributed by atoms with Gasteiger partial charge in [0.15, 0.2) is 6.61 Å². The lowest BCUT2D eigenvalue weighted by molar-refractivity contribution is -0.118. The van der Waals surface area contributed by atoms with Crippen LogP contribution in [-0.4, -0.2) is 12.5 Å². The second-order valence-corrected chi connectivity index (χ2v) is 5.57. The summed E-state index contributed by atoms with van der Waals surface area (Å²) in [5, 5.41) is 3.74. The second kappa shape index (κ2) is 6.83. The molecule has 0 unspecified atom stereocenters. The fourth-order valence-electron chi connectivity index (χ4n) is 1.79. The van der Waals surface area contributed by atoms with Crippen molar-refractivity contribution in [3.8, 4) is 5.75 Å². The van der Waals surface area contributed by atoms with Gasteiger partial charge in [-0.3, -0.25) is 4.79 Å². The molecule has 21 heavy (non-hydrogen) atoms. The van der Waals surface area contributed by atoms with E-state index in [9.17, 15) is 4.79 Å². The summed E-state index contributed by atoms with van der Waals surface area (Å²) < 4.78 is 5.39. The van der Waals surface area contributed by atoms with Crippen molar-refractivity contribution in [1.29, 1.82) is 0 Å². The summed E-state index contributed by atoms with van der Waals surface area (Å²) in [7, 11) is 0. The molecule has 5 heteroatoms. The third-order valence-electron chi connectivity index (χ3n) is 2.92. The maximum absolute atomic E-state index is 11.9. The highest BCUT2D eigenvalue weighted by Crippen LogP contribution is 2.27. The highest BCUT2D eigenvalue weighted by Gasteiger charge is 2.08. The molecule has 1 amide bonds. The summed E-state index contributed by atoms with van der Waals surface area (Å²) in [6, 6.07) is 10.7. The molecule has 2 aromatic carbocycles. The van der Waals surface area contributed by atoms with Crippen molar-refractivity contribution in [2.24, 2.45) is 0 Å². The molecule has 0 radical (unpaired) electrons. The Morgan fingerprint density at radius 2 is 1.90 bits per heavy atom. The minimum absolute atomic E-state index is 0.132. The molecule has 110 valence electrons. The smallest absolute Gasteiger partial charge is 0.262 e. The van der Waals surface area contributed by atoms with Crippen LogP contribution in [0.4, 0.5) is 5.69 Å². The number of halogens is 2. The maximum atomic E-state index is 11.9. The van der Waals surface area contributed by atoms with Crippen LogP contribution in [0.1, 0.15) is 11.1 Å². The van der Waals surface area contributed by atoms with Crippen LogP contribution in [0.2, 0.25) is 10.0 Å². The molecule has 0 aromatic heterocycles. The van der Waals surface area contributed by atoms with E-state index in [4.69, 9.17) is 27.9 Å². The van der Waals surface area contributed by atoms with E-state index in [0.717, 1.165) is 16.8 Å². The van der Waals surface area contributed by atoms with Gasteiger partial charge in [-0.15, -0.1) is 0 Å². The predicted octanol–water partition coefficient (Wildman–Crippen LogP) is 4.63. The Labute approximate surface area is 133 Å². The monoisotopic (exact) mass is 323 g/mol. The lowest BCUT2D eigenvalue weighted by Gasteiger charge is -2.11. The summed E-state index contributed by atoms with van der Waals surface area (Å²) in [6.07, 6.45) is 0. The first kappa shape index (κ1) is 15.7. The molecule has 3 nitrogen and oxygen atoms in total. The number of benzene rings is 2. The van der Waals surface area contributed by atoms with Crippen LogP contribution in [-0.2, 0) is 4.79 Å². The summed E-state index contributed by atoms with van der Waals surface area (Å²) in [4.78, 5) is 11.9. The summed E-state index contributed by atoms with van der Waals surface area (Å²) in [5.41, 5.74) is 2.85. The normalized spacial score (nSPS) is 10.3. The number of amides is 1. The number of ether oxygens (including phenoxy) is 1. The third kappa shape index (κ3) is 4.38. The fourth-order valence-corrected chi connectivity index (χ4v) is 2.12. The number of rotatable bonds is 4. The average Bonchev–Trinajstić information content (AvgIpc) is 2.44. The molecule has 0 fully saturated rings. The van der Waals surface area contributed by atoms with Gasteiger partial charge in [0.25, 0.3) is 5.91 Å². The lowest BCUT2D eigenvalue weighted by atomic mass is 10.1. The summed E-state index contributed by atoms with van der Waals surface area (Å²) in [6.45, 7) is 3.77. The van der Waals surface area contributed by atoms with Crippen LogP contribution >= 0.6 is 23.2 Å². The van der Waals surface area contributed by atoms with Gasteiger partial charge < -0.3 is 10.1 Å². The standard InChI is InChI=1S/C16H15Cl2NO2/c1-10-3-4-11(2)14(7-10)19-16(20)9-21-15-8-12(17)5-6-13(15)18/h3-8H,9H2,1-2H3,(H,19,20). The average molecular weight is 324 g/mol. The van der Waals surface area contributed by atoms with Gasteiger partial charge in [0.05, 0.1) is 5.02 Å². The van der Waals surface area contributed by atoms with Gasteiger partial charge >= 0.3 is 0 Å². The van der Waals surface area contributed by atoms with Crippen LogP contribution in [0.3, 0.4) is 0 Å². The van der Waals surface area contributed by atoms with Crippen molar-refractivity contribution in [2.75, 3.05) is 11.9 Å². The van der Waals surface area contributed by atoms with Crippen LogP contribution in [0, 0.1) is 13.8 Å². The highest BCUT2D eigenvalue weighted by molar-refractivity contribution is 6.34. The van der Waals surface area contributed by atoms with Gasteiger partial charge in [0.1, 0.15) is 5.75 Å². The Morgan fingerprint density at radius 3 is 2.67 bits per heavy atom. The van der Waals surface area contributed by atoms with Gasteiger partial charge in [-0.2, -0.15) is 0 Å². The first-order chi connectivity index (χ1) is 9.95. The molecule has 0 saturated heterocycles. The lowest BCUT2D eigenvalue weighted by Crippen LogP contribution is -2.20. The molecule has 0 spiro atoms. The van der Waals surface area contributed by atoms with E-state index in [1.54, 1.807) is 18.2 Å².